The number of aryl methyl sites for hydroxylation is 2. The summed E-state index contributed by atoms with van der Waals surface area (Å²) in [6.45, 7) is 7.77. The van der Waals surface area contributed by atoms with Crippen molar-refractivity contribution in [1.82, 2.24) is 60.6 Å². The van der Waals surface area contributed by atoms with E-state index in [1.807, 2.05) is 19.1 Å². The SMILES string of the molecule is C/N=C/[C@H]1CC(F)(F)CN1C(=O)CNC(=O)c1ccnc2ccc(OCCCCN3CCN(C(=O)[C@H](C)NC(=O)[C@H](CCCC/N=C(\C)NC(=O)CCCc4ccc(C)cc4)NC(=O)CN4CCN(CC(=O)O)CCN(CC(=O)O)CCN(CC(=O)O)CC4)CC3)cc12. The highest BCUT2D eigenvalue weighted by molar-refractivity contribution is 6.07. The molecule has 6 rings (SSSR count). The van der Waals surface area contributed by atoms with Crippen LogP contribution in [0.15, 0.2) is 64.7 Å². The maximum Gasteiger partial charge on any atom is 0.317 e. The van der Waals surface area contributed by atoms with Crippen molar-refractivity contribution in [3.63, 3.8) is 0 Å². The number of likely N-dealkylation sites (tertiary alicyclic amines) is 1. The van der Waals surface area contributed by atoms with Gasteiger partial charge in [0.05, 0.1) is 68.8 Å². The number of pyridine rings is 1. The van der Waals surface area contributed by atoms with Gasteiger partial charge in [-0.15, -0.1) is 0 Å². The molecule has 6 amide bonds. The van der Waals surface area contributed by atoms with Gasteiger partial charge in [0.2, 0.25) is 29.5 Å². The minimum absolute atomic E-state index is 0.149. The Labute approximate surface area is 541 Å². The number of carboxylic acid groups (broad SMARTS) is 3. The van der Waals surface area contributed by atoms with Crippen molar-refractivity contribution in [2.45, 2.75) is 103 Å². The fourth-order valence-corrected chi connectivity index (χ4v) is 11.4. The zero-order valence-corrected chi connectivity index (χ0v) is 53.9. The second kappa shape index (κ2) is 37.5. The second-order valence-electron chi connectivity index (χ2n) is 24.0. The van der Waals surface area contributed by atoms with Gasteiger partial charge in [0.15, 0.2) is 0 Å². The molecule has 3 aliphatic heterocycles. The Balaban J connectivity index is 0.995. The third-order valence-electron chi connectivity index (χ3n) is 16.4. The highest BCUT2D eigenvalue weighted by Gasteiger charge is 2.46. The average molecular weight is 1300 g/mol. The van der Waals surface area contributed by atoms with E-state index in [1.54, 1.807) is 56.5 Å². The first-order chi connectivity index (χ1) is 44.4. The Kier molecular flexibility index (Phi) is 29.8. The van der Waals surface area contributed by atoms with Crippen molar-refractivity contribution in [1.29, 1.82) is 0 Å². The highest BCUT2D eigenvalue weighted by atomic mass is 19.3. The Hall–Kier alpha value is -8.12. The Morgan fingerprint density at radius 3 is 1.94 bits per heavy atom. The second-order valence-corrected chi connectivity index (χ2v) is 24.0. The number of aliphatic carboxylic acids is 3. The maximum absolute atomic E-state index is 14.2. The number of amidine groups is 1. The minimum atomic E-state index is -3.06. The van der Waals surface area contributed by atoms with Gasteiger partial charge in [0.25, 0.3) is 11.8 Å². The Morgan fingerprint density at radius 1 is 0.731 bits per heavy atom. The lowest BCUT2D eigenvalue weighted by atomic mass is 10.1. The number of carboxylic acids is 3. The number of nitrogens with one attached hydrogen (secondary N) is 4. The first kappa shape index (κ1) is 73.9. The molecule has 0 radical (unpaired) electrons. The van der Waals surface area contributed by atoms with Gasteiger partial charge in [-0.2, -0.15) is 0 Å². The normalized spacial score (nSPS) is 18.3. The maximum atomic E-state index is 14.2. The van der Waals surface area contributed by atoms with Gasteiger partial charge in [-0.05, 0) is 102 Å². The number of hydrogen-bond acceptors (Lipinski definition) is 18. The van der Waals surface area contributed by atoms with Gasteiger partial charge in [-0.3, -0.25) is 82.6 Å². The van der Waals surface area contributed by atoms with Crippen LogP contribution in [0.3, 0.4) is 0 Å². The summed E-state index contributed by atoms with van der Waals surface area (Å²) in [5.41, 5.74) is 3.07. The number of hydrogen-bond donors (Lipinski definition) is 7. The van der Waals surface area contributed by atoms with Crippen LogP contribution >= 0.6 is 0 Å². The minimum Gasteiger partial charge on any atom is -0.494 e. The van der Waals surface area contributed by atoms with Crippen molar-refractivity contribution < 1.29 is 72.0 Å². The summed E-state index contributed by atoms with van der Waals surface area (Å²) < 4.78 is 34.4. The third-order valence-corrected chi connectivity index (χ3v) is 16.4. The summed E-state index contributed by atoms with van der Waals surface area (Å²) >= 11 is 0. The molecule has 27 nitrogen and oxygen atoms in total. The Morgan fingerprint density at radius 2 is 1.33 bits per heavy atom. The van der Waals surface area contributed by atoms with E-state index in [9.17, 15) is 67.3 Å². The van der Waals surface area contributed by atoms with E-state index in [0.29, 0.717) is 93.9 Å². The van der Waals surface area contributed by atoms with Crippen LogP contribution in [0.4, 0.5) is 8.78 Å². The van der Waals surface area contributed by atoms with Crippen LogP contribution in [0.5, 0.6) is 5.75 Å². The number of amides is 6. The number of carbonyl (C=O) groups excluding carboxylic acids is 6. The van der Waals surface area contributed by atoms with Gasteiger partial charge >= 0.3 is 17.9 Å². The lowest BCUT2D eigenvalue weighted by Gasteiger charge is -2.36. The van der Waals surface area contributed by atoms with Crippen LogP contribution in [0.25, 0.3) is 10.9 Å². The molecule has 29 heteroatoms. The summed E-state index contributed by atoms with van der Waals surface area (Å²) in [6.07, 6.45) is 6.53. The molecule has 510 valence electrons. The number of carbonyl (C=O) groups is 9. The monoisotopic (exact) mass is 1300 g/mol. The number of benzene rings is 2. The van der Waals surface area contributed by atoms with Gasteiger partial charge in [0.1, 0.15) is 17.8 Å². The molecule has 3 aliphatic rings. The van der Waals surface area contributed by atoms with Gasteiger partial charge in [-0.1, -0.05) is 29.8 Å². The molecule has 7 N–H and O–H groups in total. The van der Waals surface area contributed by atoms with Crippen LogP contribution in [-0.4, -0.2) is 289 Å². The zero-order chi connectivity index (χ0) is 67.5. The summed E-state index contributed by atoms with van der Waals surface area (Å²) in [5.74, 6) is -8.15. The Bertz CT molecular complexity index is 3050. The smallest absolute Gasteiger partial charge is 0.317 e. The molecule has 2 aromatic carbocycles. The highest BCUT2D eigenvalue weighted by Crippen LogP contribution is 2.31. The predicted octanol–water partition coefficient (Wildman–Crippen LogP) is 1.71. The average Bonchev–Trinajstić information content (AvgIpc) is 0.945. The summed E-state index contributed by atoms with van der Waals surface area (Å²) in [5, 5.41) is 40.6. The number of unbranched alkanes of at least 4 members (excludes halogenated alkanes) is 2. The lowest BCUT2D eigenvalue weighted by molar-refractivity contribution is -0.140. The fraction of sp³-hybridized carbons (Fsp3) is 0.594. The number of rotatable bonds is 31. The van der Waals surface area contributed by atoms with E-state index in [-0.39, 0.29) is 102 Å². The van der Waals surface area contributed by atoms with Crippen LogP contribution in [0, 0.1) is 6.92 Å². The zero-order valence-electron chi connectivity index (χ0n) is 53.9. The molecule has 0 spiro atoms. The van der Waals surface area contributed by atoms with Crippen LogP contribution < -0.4 is 26.0 Å². The molecule has 0 aliphatic carbocycles. The van der Waals surface area contributed by atoms with Gasteiger partial charge in [0, 0.05) is 123 Å². The number of piperazine rings is 1. The molecule has 1 aromatic heterocycles. The van der Waals surface area contributed by atoms with E-state index < -0.39 is 85.1 Å². The first-order valence-electron chi connectivity index (χ1n) is 31.9. The van der Waals surface area contributed by atoms with E-state index in [4.69, 9.17) is 4.74 Å². The third kappa shape index (κ3) is 26.1. The van der Waals surface area contributed by atoms with Crippen LogP contribution in [0.2, 0.25) is 0 Å². The van der Waals surface area contributed by atoms with Crippen molar-refractivity contribution in [3.05, 3.63) is 71.4 Å². The lowest BCUT2D eigenvalue weighted by Crippen LogP contribution is -2.57. The van der Waals surface area contributed by atoms with Crippen LogP contribution in [0.1, 0.15) is 86.7 Å². The number of aliphatic imine (C=N–C) groups is 2. The number of nitrogens with zero attached hydrogens (tertiary/aromatic N) is 10. The predicted molar refractivity (Wildman–Crippen MR) is 344 cm³/mol. The van der Waals surface area contributed by atoms with Gasteiger partial charge in [-0.25, -0.2) is 8.78 Å². The largest absolute Gasteiger partial charge is 0.494 e. The van der Waals surface area contributed by atoms with E-state index in [2.05, 4.69) is 53.3 Å². The molecule has 3 fully saturated rings. The molecule has 3 aromatic rings. The van der Waals surface area contributed by atoms with E-state index in [0.717, 1.165) is 35.4 Å². The molecule has 3 atom stereocenters. The molecule has 3 saturated heterocycles. The first-order valence-corrected chi connectivity index (χ1v) is 31.9. The van der Waals surface area contributed by atoms with Gasteiger partial charge < -0.3 is 51.1 Å². The summed E-state index contributed by atoms with van der Waals surface area (Å²) in [4.78, 5) is 141. The molecule has 93 heavy (non-hydrogen) atoms. The number of aromatic nitrogens is 1. The molecule has 0 saturated carbocycles. The number of alkyl halides is 2. The quantitative estimate of drug-likeness (QED) is 0.0274. The molecule has 4 heterocycles. The van der Waals surface area contributed by atoms with Crippen molar-refractivity contribution in [2.75, 3.05) is 145 Å². The molecule has 0 unspecified atom stereocenters. The summed E-state index contributed by atoms with van der Waals surface area (Å²) in [7, 11) is 1.44. The van der Waals surface area contributed by atoms with Crippen molar-refractivity contribution >= 4 is 76.3 Å². The molecular formula is C64H92F2N14O13. The van der Waals surface area contributed by atoms with Crippen LogP contribution in [-0.2, 0) is 44.8 Å². The fourth-order valence-electron chi connectivity index (χ4n) is 11.4. The topological polar surface area (TPSA) is 332 Å². The van der Waals surface area contributed by atoms with E-state index >= 15 is 0 Å². The number of fused-ring (bicyclic) bond motifs is 1. The number of ether oxygens (including phenoxy) is 1. The number of halogens is 2. The molecule has 0 bridgehead atoms. The molecular weight excluding hydrogens is 1210 g/mol. The van der Waals surface area contributed by atoms with E-state index in [1.165, 1.54) is 25.5 Å². The van der Waals surface area contributed by atoms with Crippen molar-refractivity contribution in [2.24, 2.45) is 9.98 Å². The standard InChI is InChI=1S/C64H92F2N14O13/c1-45-13-15-48(16-14-45)10-9-12-55(81)72-47(3)68-20-6-5-11-54(73-56(82)40-75-23-25-76(41-58(84)85)27-29-78(43-60(88)89)30-28-77(26-24-75)42-59(86)87)62(91)71-46(2)63(92)79-33-31-74(32-34-79)22-7-8-35-93-50-17-18-53-52(36-50)51(19-21-69-53)61(90)70-39-57(83)80-44-64(65,66)37-49(80)38-67-4/h13-19,21,36,38,46,49,54H,5-12,20,22-35,37,39-44H2,1-4H3,(H,70,90)(H,71,91)(H,73,82)(H,84,85)(H,86,87)(H,88,89)(H,68,72,81)/b67-38+/t46-,49+,54-/m0/s1. The summed E-state index contributed by atoms with van der Waals surface area (Å²) in [6, 6.07) is 11.9. The van der Waals surface area contributed by atoms with Crippen molar-refractivity contribution in [3.8, 4) is 5.75 Å².